The van der Waals surface area contributed by atoms with Crippen LogP contribution in [0.1, 0.15) is 24.8 Å². The lowest BCUT2D eigenvalue weighted by Crippen LogP contribution is -2.01. The smallest absolute Gasteiger partial charge is 0.205 e. The topological polar surface area (TPSA) is 56.7 Å². The van der Waals surface area contributed by atoms with Crippen molar-refractivity contribution >= 4 is 11.8 Å². The molecule has 28 heavy (non-hydrogen) atoms. The van der Waals surface area contributed by atoms with Crippen LogP contribution in [-0.2, 0) is 5.75 Å². The van der Waals surface area contributed by atoms with Gasteiger partial charge >= 0.3 is 0 Å². The number of hydrogen-bond donors (Lipinski definition) is 0. The standard InChI is InChI=1S/C21H17FN4OS/c22-17-9-5-4-8-16(17)20-24-25-21(26(20)15-10-11-15)28-13-19-23-12-18(27-19)14-6-2-1-3-7-14/h1-9,12,15H,10-11,13H2. The SMILES string of the molecule is Fc1ccccc1-c1nnc(SCc2ncc(-c3ccccc3)o2)n1C1CC1. The molecule has 0 radical (unpaired) electrons. The highest BCUT2D eigenvalue weighted by atomic mass is 32.2. The van der Waals surface area contributed by atoms with Crippen molar-refractivity contribution in [1.82, 2.24) is 19.7 Å². The van der Waals surface area contributed by atoms with E-state index < -0.39 is 0 Å². The zero-order valence-corrected chi connectivity index (χ0v) is 15.8. The van der Waals surface area contributed by atoms with E-state index in [2.05, 4.69) is 15.2 Å². The summed E-state index contributed by atoms with van der Waals surface area (Å²) in [4.78, 5) is 4.37. The van der Waals surface area contributed by atoms with Crippen LogP contribution in [0.2, 0.25) is 0 Å². The maximum absolute atomic E-state index is 14.3. The van der Waals surface area contributed by atoms with E-state index in [9.17, 15) is 4.39 Å². The average molecular weight is 392 g/mol. The molecule has 5 nitrogen and oxygen atoms in total. The van der Waals surface area contributed by atoms with Crippen LogP contribution < -0.4 is 0 Å². The van der Waals surface area contributed by atoms with Gasteiger partial charge in [0.05, 0.1) is 17.5 Å². The van der Waals surface area contributed by atoms with E-state index in [1.165, 1.54) is 17.8 Å². The molecule has 0 unspecified atom stereocenters. The molecule has 5 rings (SSSR count). The van der Waals surface area contributed by atoms with Gasteiger partial charge in [-0.1, -0.05) is 54.2 Å². The molecule has 0 N–H and O–H groups in total. The van der Waals surface area contributed by atoms with Gasteiger partial charge in [0.25, 0.3) is 0 Å². The summed E-state index contributed by atoms with van der Waals surface area (Å²) < 4.78 is 22.2. The fraction of sp³-hybridized carbons (Fsp3) is 0.190. The summed E-state index contributed by atoms with van der Waals surface area (Å²) in [6.07, 6.45) is 3.86. The zero-order chi connectivity index (χ0) is 18.9. The summed E-state index contributed by atoms with van der Waals surface area (Å²) in [5, 5.41) is 9.35. The molecule has 2 aromatic carbocycles. The summed E-state index contributed by atoms with van der Waals surface area (Å²) in [5.74, 6) is 2.21. The molecule has 0 spiro atoms. The lowest BCUT2D eigenvalue weighted by molar-refractivity contribution is 0.529. The van der Waals surface area contributed by atoms with E-state index in [1.807, 2.05) is 41.0 Å². The number of halogens is 1. The maximum Gasteiger partial charge on any atom is 0.205 e. The fourth-order valence-electron chi connectivity index (χ4n) is 3.10. The van der Waals surface area contributed by atoms with Crippen molar-refractivity contribution in [2.24, 2.45) is 0 Å². The van der Waals surface area contributed by atoms with Crippen LogP contribution in [0.5, 0.6) is 0 Å². The molecule has 7 heteroatoms. The van der Waals surface area contributed by atoms with Crippen LogP contribution in [0.3, 0.4) is 0 Å². The maximum atomic E-state index is 14.3. The molecule has 1 saturated carbocycles. The Morgan fingerprint density at radius 3 is 2.61 bits per heavy atom. The van der Waals surface area contributed by atoms with E-state index in [-0.39, 0.29) is 5.82 Å². The van der Waals surface area contributed by atoms with Crippen molar-refractivity contribution in [2.75, 3.05) is 0 Å². The van der Waals surface area contributed by atoms with Gasteiger partial charge in [-0.25, -0.2) is 9.37 Å². The number of rotatable bonds is 6. The third-order valence-corrected chi connectivity index (χ3v) is 5.56. The van der Waals surface area contributed by atoms with Crippen LogP contribution in [0, 0.1) is 5.82 Å². The highest BCUT2D eigenvalue weighted by Crippen LogP contribution is 2.41. The molecule has 0 amide bonds. The van der Waals surface area contributed by atoms with Gasteiger partial charge in [-0.15, -0.1) is 10.2 Å². The molecule has 0 bridgehead atoms. The Bertz CT molecular complexity index is 1100. The molecule has 1 aliphatic rings. The lowest BCUT2D eigenvalue weighted by atomic mass is 10.2. The molecular weight excluding hydrogens is 375 g/mol. The van der Waals surface area contributed by atoms with Crippen LogP contribution in [0.4, 0.5) is 4.39 Å². The summed E-state index contributed by atoms with van der Waals surface area (Å²) >= 11 is 1.51. The highest BCUT2D eigenvalue weighted by molar-refractivity contribution is 7.98. The van der Waals surface area contributed by atoms with Gasteiger partial charge < -0.3 is 4.42 Å². The van der Waals surface area contributed by atoms with Gasteiger partial charge in [-0.05, 0) is 25.0 Å². The van der Waals surface area contributed by atoms with Crippen LogP contribution >= 0.6 is 11.8 Å². The minimum atomic E-state index is -0.284. The van der Waals surface area contributed by atoms with Gasteiger partial charge in [0.15, 0.2) is 16.7 Å². The van der Waals surface area contributed by atoms with Crippen molar-refractivity contribution in [1.29, 1.82) is 0 Å². The van der Waals surface area contributed by atoms with E-state index in [0.717, 1.165) is 29.3 Å². The van der Waals surface area contributed by atoms with Crippen molar-refractivity contribution in [3.8, 4) is 22.7 Å². The quantitative estimate of drug-likeness (QED) is 0.413. The van der Waals surface area contributed by atoms with Crippen molar-refractivity contribution < 1.29 is 8.81 Å². The Morgan fingerprint density at radius 1 is 1.04 bits per heavy atom. The second-order valence-electron chi connectivity index (χ2n) is 6.66. The first-order valence-corrected chi connectivity index (χ1v) is 10.1. The van der Waals surface area contributed by atoms with E-state index in [1.54, 1.807) is 18.3 Å². The molecule has 2 aromatic heterocycles. The van der Waals surface area contributed by atoms with E-state index >= 15 is 0 Å². The minimum Gasteiger partial charge on any atom is -0.440 e. The predicted octanol–water partition coefficient (Wildman–Crippen LogP) is 5.37. The van der Waals surface area contributed by atoms with Gasteiger partial charge in [-0.3, -0.25) is 4.57 Å². The number of hydrogen-bond acceptors (Lipinski definition) is 5. The largest absolute Gasteiger partial charge is 0.440 e. The van der Waals surface area contributed by atoms with Crippen molar-refractivity contribution in [3.05, 3.63) is 72.5 Å². The van der Waals surface area contributed by atoms with Gasteiger partial charge in [-0.2, -0.15) is 0 Å². The Balaban J connectivity index is 1.38. The van der Waals surface area contributed by atoms with Gasteiger partial charge in [0, 0.05) is 11.6 Å². The minimum absolute atomic E-state index is 0.284. The first kappa shape index (κ1) is 17.2. The lowest BCUT2D eigenvalue weighted by Gasteiger charge is -2.08. The monoisotopic (exact) mass is 392 g/mol. The summed E-state index contributed by atoms with van der Waals surface area (Å²) in [5.41, 5.74) is 1.48. The Hall–Kier alpha value is -2.93. The van der Waals surface area contributed by atoms with Gasteiger partial charge in [0.2, 0.25) is 5.89 Å². The molecule has 1 fully saturated rings. The van der Waals surface area contributed by atoms with Crippen molar-refractivity contribution in [3.63, 3.8) is 0 Å². The molecule has 2 heterocycles. The molecule has 1 aliphatic carbocycles. The first-order valence-electron chi connectivity index (χ1n) is 9.12. The molecule has 140 valence electrons. The fourth-order valence-corrected chi connectivity index (χ4v) is 3.96. The summed E-state index contributed by atoms with van der Waals surface area (Å²) in [6, 6.07) is 16.9. The second-order valence-corrected chi connectivity index (χ2v) is 7.60. The molecule has 0 atom stereocenters. The Morgan fingerprint density at radius 2 is 1.82 bits per heavy atom. The van der Waals surface area contributed by atoms with Crippen LogP contribution in [0.25, 0.3) is 22.7 Å². The third-order valence-electron chi connectivity index (χ3n) is 4.63. The first-order chi connectivity index (χ1) is 13.8. The summed E-state index contributed by atoms with van der Waals surface area (Å²) in [7, 11) is 0. The normalized spacial score (nSPS) is 13.8. The average Bonchev–Trinajstić information content (AvgIpc) is 3.30. The molecule has 4 aromatic rings. The number of aromatic nitrogens is 4. The van der Waals surface area contributed by atoms with Crippen LogP contribution in [0.15, 0.2) is 70.4 Å². The van der Waals surface area contributed by atoms with Gasteiger partial charge in [0.1, 0.15) is 5.82 Å². The van der Waals surface area contributed by atoms with E-state index in [0.29, 0.717) is 29.1 Å². The third kappa shape index (κ3) is 3.33. The molecule has 0 saturated heterocycles. The summed E-state index contributed by atoms with van der Waals surface area (Å²) in [6.45, 7) is 0. The number of oxazole rings is 1. The Kier molecular flexibility index (Phi) is 4.44. The molecule has 0 aliphatic heterocycles. The highest BCUT2D eigenvalue weighted by Gasteiger charge is 2.31. The Labute approximate surface area is 165 Å². The number of thioether (sulfide) groups is 1. The zero-order valence-electron chi connectivity index (χ0n) is 15.0. The second kappa shape index (κ2) is 7.24. The number of benzene rings is 2. The van der Waals surface area contributed by atoms with Crippen molar-refractivity contribution in [2.45, 2.75) is 29.8 Å². The molecular formula is C21H17FN4OS. The van der Waals surface area contributed by atoms with E-state index in [4.69, 9.17) is 4.42 Å². The number of nitrogens with zero attached hydrogens (tertiary/aromatic N) is 4. The van der Waals surface area contributed by atoms with Crippen LogP contribution in [-0.4, -0.2) is 19.7 Å². The predicted molar refractivity (Wildman–Crippen MR) is 105 cm³/mol.